The van der Waals surface area contributed by atoms with E-state index in [1.807, 2.05) is 12.1 Å². The highest BCUT2D eigenvalue weighted by Crippen LogP contribution is 2.22. The number of aliphatic hydroxyl groups excluding tert-OH is 1. The molecular weight excluding hydrogens is 332 g/mol. The van der Waals surface area contributed by atoms with Crippen molar-refractivity contribution in [1.82, 2.24) is 5.48 Å². The van der Waals surface area contributed by atoms with Crippen LogP contribution in [0, 0.1) is 5.92 Å². The largest absolute Gasteiger partial charge is 0.391 e. The van der Waals surface area contributed by atoms with Crippen LogP contribution in [0.4, 0.5) is 0 Å². The summed E-state index contributed by atoms with van der Waals surface area (Å²) in [5.41, 5.74) is 7.62. The number of aliphatic hydroxyl groups is 2. The molecule has 0 aromatic heterocycles. The zero-order valence-electron chi connectivity index (χ0n) is 14.1. The fraction of sp³-hybridized carbons (Fsp3) is 0.588. The molecular formula is C17H27ClN2O4. The first kappa shape index (κ1) is 20.9. The molecule has 0 bridgehead atoms. The van der Waals surface area contributed by atoms with Crippen molar-refractivity contribution in [3.8, 4) is 0 Å². The molecule has 0 aliphatic heterocycles. The third-order valence-electron chi connectivity index (χ3n) is 3.97. The first-order valence-electron chi connectivity index (χ1n) is 7.97. The number of nitrogens with two attached hydrogens (primary N) is 1. The number of amides is 1. The van der Waals surface area contributed by atoms with Crippen LogP contribution in [0.25, 0.3) is 0 Å². The molecule has 7 heteroatoms. The number of carbonyl (C=O) groups is 1. The maximum absolute atomic E-state index is 11.8. The predicted molar refractivity (Wildman–Crippen MR) is 92.7 cm³/mol. The monoisotopic (exact) mass is 358 g/mol. The van der Waals surface area contributed by atoms with Crippen molar-refractivity contribution in [2.24, 2.45) is 11.7 Å². The van der Waals surface area contributed by atoms with E-state index in [0.29, 0.717) is 24.3 Å². The zero-order valence-corrected chi connectivity index (χ0v) is 14.8. The van der Waals surface area contributed by atoms with Crippen LogP contribution in [0.3, 0.4) is 0 Å². The van der Waals surface area contributed by atoms with Crippen LogP contribution in [0.2, 0.25) is 5.02 Å². The molecule has 0 aliphatic carbocycles. The van der Waals surface area contributed by atoms with E-state index < -0.39 is 29.6 Å². The summed E-state index contributed by atoms with van der Waals surface area (Å²) < 4.78 is 0. The fourth-order valence-corrected chi connectivity index (χ4v) is 2.73. The van der Waals surface area contributed by atoms with E-state index in [-0.39, 0.29) is 6.42 Å². The number of rotatable bonds is 9. The van der Waals surface area contributed by atoms with Crippen molar-refractivity contribution in [1.29, 1.82) is 0 Å². The molecule has 24 heavy (non-hydrogen) atoms. The van der Waals surface area contributed by atoms with E-state index in [4.69, 9.17) is 22.5 Å². The van der Waals surface area contributed by atoms with Gasteiger partial charge in [-0.15, -0.1) is 0 Å². The van der Waals surface area contributed by atoms with Crippen LogP contribution < -0.4 is 11.2 Å². The van der Waals surface area contributed by atoms with Crippen molar-refractivity contribution in [2.75, 3.05) is 0 Å². The van der Waals surface area contributed by atoms with Crippen LogP contribution in [-0.2, 0) is 11.2 Å². The Balaban J connectivity index is 2.65. The van der Waals surface area contributed by atoms with Gasteiger partial charge in [-0.05, 0) is 57.2 Å². The molecule has 6 nitrogen and oxygen atoms in total. The second-order valence-electron chi connectivity index (χ2n) is 6.83. The molecule has 0 saturated carbocycles. The number of halogens is 1. The minimum absolute atomic E-state index is 0.101. The van der Waals surface area contributed by atoms with Gasteiger partial charge >= 0.3 is 0 Å². The lowest BCUT2D eigenvalue weighted by Gasteiger charge is -2.25. The van der Waals surface area contributed by atoms with Crippen LogP contribution >= 0.6 is 11.6 Å². The SMILES string of the molecule is CC(C)(O)CC[C@H](C[C@H](O)[C@@H](N)Cc1cccc(Cl)c1)C(=O)NO. The van der Waals surface area contributed by atoms with Crippen molar-refractivity contribution < 1.29 is 20.2 Å². The van der Waals surface area contributed by atoms with Gasteiger partial charge < -0.3 is 15.9 Å². The second kappa shape index (κ2) is 9.34. The summed E-state index contributed by atoms with van der Waals surface area (Å²) in [6.45, 7) is 3.28. The Morgan fingerprint density at radius 2 is 2.08 bits per heavy atom. The second-order valence-corrected chi connectivity index (χ2v) is 7.26. The summed E-state index contributed by atoms with van der Waals surface area (Å²) in [5.74, 6) is -1.23. The van der Waals surface area contributed by atoms with Crippen LogP contribution in [0.15, 0.2) is 24.3 Å². The van der Waals surface area contributed by atoms with Crippen molar-refractivity contribution in [3.05, 3.63) is 34.9 Å². The fourth-order valence-electron chi connectivity index (χ4n) is 2.51. The number of benzene rings is 1. The number of nitrogens with one attached hydrogen (secondary N) is 1. The van der Waals surface area contributed by atoms with Gasteiger partial charge in [-0.1, -0.05) is 23.7 Å². The summed E-state index contributed by atoms with van der Waals surface area (Å²) in [6, 6.07) is 6.64. The number of hydrogen-bond acceptors (Lipinski definition) is 5. The summed E-state index contributed by atoms with van der Waals surface area (Å²) in [7, 11) is 0. The van der Waals surface area contributed by atoms with E-state index in [0.717, 1.165) is 5.56 Å². The van der Waals surface area contributed by atoms with Crippen LogP contribution in [0.5, 0.6) is 0 Å². The van der Waals surface area contributed by atoms with Crippen molar-refractivity contribution in [3.63, 3.8) is 0 Å². The third-order valence-corrected chi connectivity index (χ3v) is 4.20. The summed E-state index contributed by atoms with van der Waals surface area (Å²) in [5, 5.41) is 29.6. The maximum Gasteiger partial charge on any atom is 0.246 e. The Bertz CT molecular complexity index is 534. The van der Waals surface area contributed by atoms with Gasteiger partial charge in [-0.25, -0.2) is 5.48 Å². The van der Waals surface area contributed by atoms with Gasteiger partial charge in [0, 0.05) is 17.0 Å². The molecule has 0 radical (unpaired) electrons. The van der Waals surface area contributed by atoms with Gasteiger partial charge in [0.2, 0.25) is 5.91 Å². The van der Waals surface area contributed by atoms with E-state index in [1.54, 1.807) is 31.5 Å². The maximum atomic E-state index is 11.8. The Labute approximate surface area is 147 Å². The predicted octanol–water partition coefficient (Wildman–Crippen LogP) is 1.63. The van der Waals surface area contributed by atoms with Gasteiger partial charge in [-0.2, -0.15) is 0 Å². The van der Waals surface area contributed by atoms with Gasteiger partial charge in [0.15, 0.2) is 0 Å². The minimum atomic E-state index is -0.929. The molecule has 0 unspecified atom stereocenters. The van der Waals surface area contributed by atoms with E-state index in [2.05, 4.69) is 0 Å². The average molecular weight is 359 g/mol. The zero-order chi connectivity index (χ0) is 18.3. The Hall–Kier alpha value is -1.18. The quantitative estimate of drug-likeness (QED) is 0.340. The molecule has 0 saturated heterocycles. The standard InChI is InChI=1S/C17H27ClN2O4/c1-17(2,23)7-6-12(16(22)20-24)10-15(21)14(19)9-11-4-3-5-13(18)8-11/h3-5,8,12,14-15,21,23-24H,6-7,9-10,19H2,1-2H3,(H,20,22)/t12-,14+,15+/m1/s1. The first-order chi connectivity index (χ1) is 11.1. The molecule has 0 spiro atoms. The molecule has 6 N–H and O–H groups in total. The van der Waals surface area contributed by atoms with Gasteiger partial charge in [0.1, 0.15) is 0 Å². The molecule has 3 atom stereocenters. The highest BCUT2D eigenvalue weighted by atomic mass is 35.5. The smallest absolute Gasteiger partial charge is 0.246 e. The lowest BCUT2D eigenvalue weighted by atomic mass is 9.88. The van der Waals surface area contributed by atoms with E-state index in [9.17, 15) is 15.0 Å². The minimum Gasteiger partial charge on any atom is -0.391 e. The van der Waals surface area contributed by atoms with Crippen LogP contribution in [-0.4, -0.2) is 39.1 Å². The third kappa shape index (κ3) is 7.59. The van der Waals surface area contributed by atoms with E-state index in [1.165, 1.54) is 0 Å². The molecule has 0 heterocycles. The number of hydrogen-bond donors (Lipinski definition) is 5. The Kier molecular flexibility index (Phi) is 8.12. The number of hydroxylamine groups is 1. The average Bonchev–Trinajstić information content (AvgIpc) is 2.49. The van der Waals surface area contributed by atoms with Gasteiger partial charge in [-0.3, -0.25) is 10.0 Å². The Morgan fingerprint density at radius 1 is 1.42 bits per heavy atom. The summed E-state index contributed by atoms with van der Waals surface area (Å²) >= 11 is 5.93. The van der Waals surface area contributed by atoms with Crippen molar-refractivity contribution in [2.45, 2.75) is 57.3 Å². The lowest BCUT2D eigenvalue weighted by molar-refractivity contribution is -0.135. The van der Waals surface area contributed by atoms with Gasteiger partial charge in [0.25, 0.3) is 0 Å². The molecule has 1 rings (SSSR count). The lowest BCUT2D eigenvalue weighted by Crippen LogP contribution is -2.41. The van der Waals surface area contributed by atoms with Crippen LogP contribution in [0.1, 0.15) is 38.7 Å². The summed E-state index contributed by atoms with van der Waals surface area (Å²) in [6.07, 6.45) is 0.288. The molecule has 0 fully saturated rings. The molecule has 136 valence electrons. The van der Waals surface area contributed by atoms with Crippen molar-refractivity contribution >= 4 is 17.5 Å². The van der Waals surface area contributed by atoms with E-state index >= 15 is 0 Å². The Morgan fingerprint density at radius 3 is 2.62 bits per heavy atom. The molecule has 1 aromatic rings. The number of carbonyl (C=O) groups excluding carboxylic acids is 1. The highest BCUT2D eigenvalue weighted by molar-refractivity contribution is 6.30. The summed E-state index contributed by atoms with van der Waals surface area (Å²) in [4.78, 5) is 11.8. The molecule has 0 aliphatic rings. The topological polar surface area (TPSA) is 116 Å². The first-order valence-corrected chi connectivity index (χ1v) is 8.34. The molecule has 1 aromatic carbocycles. The molecule has 1 amide bonds. The van der Waals surface area contributed by atoms with Gasteiger partial charge in [0.05, 0.1) is 11.7 Å². The normalized spacial score (nSPS) is 15.6. The highest BCUT2D eigenvalue weighted by Gasteiger charge is 2.27.